The molecule has 1 N–H and O–H groups in total. The molecule has 2 aromatic rings. The molecule has 0 saturated carbocycles. The van der Waals surface area contributed by atoms with Crippen LogP contribution in [0.1, 0.15) is 28.4 Å². The zero-order valence-electron chi connectivity index (χ0n) is 11.6. The van der Waals surface area contributed by atoms with Crippen LogP contribution in [0, 0.1) is 11.3 Å². The van der Waals surface area contributed by atoms with Crippen LogP contribution in [0.3, 0.4) is 0 Å². The number of rotatable bonds is 4. The highest BCUT2D eigenvalue weighted by molar-refractivity contribution is 9.09. The van der Waals surface area contributed by atoms with Crippen LogP contribution < -0.4 is 5.32 Å². The van der Waals surface area contributed by atoms with E-state index in [-0.39, 0.29) is 5.91 Å². The first kappa shape index (κ1) is 15.3. The fourth-order valence-corrected chi connectivity index (χ4v) is 2.47. The molecule has 21 heavy (non-hydrogen) atoms. The number of nitrogens with one attached hydrogen (secondary N) is 1. The monoisotopic (exact) mass is 342 g/mol. The molecule has 3 nitrogen and oxygen atoms in total. The topological polar surface area (TPSA) is 52.9 Å². The number of amides is 1. The summed E-state index contributed by atoms with van der Waals surface area (Å²) in [6, 6.07) is 18.5. The van der Waals surface area contributed by atoms with Gasteiger partial charge in [0.25, 0.3) is 5.91 Å². The van der Waals surface area contributed by atoms with Crippen molar-refractivity contribution in [2.75, 3.05) is 5.33 Å². The van der Waals surface area contributed by atoms with E-state index in [0.29, 0.717) is 16.5 Å². The number of benzene rings is 2. The highest BCUT2D eigenvalue weighted by Gasteiger charge is 2.27. The summed E-state index contributed by atoms with van der Waals surface area (Å²) in [6.45, 7) is 1.97. The second-order valence-corrected chi connectivity index (χ2v) is 5.54. The summed E-state index contributed by atoms with van der Waals surface area (Å²) in [5.41, 5.74) is 1.62. The van der Waals surface area contributed by atoms with E-state index in [0.717, 1.165) is 5.56 Å². The molecule has 0 aliphatic carbocycles. The lowest BCUT2D eigenvalue weighted by Gasteiger charge is -2.29. The van der Waals surface area contributed by atoms with Crippen molar-refractivity contribution in [3.05, 3.63) is 71.3 Å². The molecule has 0 fully saturated rings. The molecule has 0 aliphatic heterocycles. The predicted molar refractivity (Wildman–Crippen MR) is 86.2 cm³/mol. The highest BCUT2D eigenvalue weighted by Crippen LogP contribution is 2.23. The van der Waals surface area contributed by atoms with Crippen LogP contribution in [0.5, 0.6) is 0 Å². The summed E-state index contributed by atoms with van der Waals surface area (Å²) >= 11 is 3.47. The van der Waals surface area contributed by atoms with Crippen LogP contribution >= 0.6 is 15.9 Å². The summed E-state index contributed by atoms with van der Waals surface area (Å²) in [6.07, 6.45) is 0. The summed E-state index contributed by atoms with van der Waals surface area (Å²) in [4.78, 5) is 12.4. The zero-order valence-corrected chi connectivity index (χ0v) is 13.2. The van der Waals surface area contributed by atoms with Gasteiger partial charge in [-0.3, -0.25) is 4.79 Å². The number of hydrogen-bond acceptors (Lipinski definition) is 2. The molecule has 1 atom stereocenters. The third-order valence-corrected chi connectivity index (χ3v) is 4.47. The Morgan fingerprint density at radius 3 is 2.33 bits per heavy atom. The fourth-order valence-electron chi connectivity index (χ4n) is 2.01. The highest BCUT2D eigenvalue weighted by atomic mass is 79.9. The number of carbonyl (C=O) groups is 1. The molecule has 0 bridgehead atoms. The van der Waals surface area contributed by atoms with Gasteiger partial charge in [0.2, 0.25) is 0 Å². The second-order valence-electron chi connectivity index (χ2n) is 4.98. The van der Waals surface area contributed by atoms with Crippen molar-refractivity contribution in [1.82, 2.24) is 5.32 Å². The number of nitriles is 1. The van der Waals surface area contributed by atoms with E-state index in [2.05, 4.69) is 21.2 Å². The molecule has 4 heteroatoms. The minimum atomic E-state index is -0.494. The molecule has 1 amide bonds. The molecule has 106 valence electrons. The summed E-state index contributed by atoms with van der Waals surface area (Å²) in [5, 5.41) is 12.4. The second kappa shape index (κ2) is 6.55. The van der Waals surface area contributed by atoms with E-state index < -0.39 is 5.54 Å². The van der Waals surface area contributed by atoms with Crippen molar-refractivity contribution in [3.63, 3.8) is 0 Å². The van der Waals surface area contributed by atoms with Gasteiger partial charge >= 0.3 is 0 Å². The average Bonchev–Trinajstić information content (AvgIpc) is 2.55. The Kier molecular flexibility index (Phi) is 4.77. The maximum absolute atomic E-state index is 12.4. The Hall–Kier alpha value is -2.12. The molecule has 2 aromatic carbocycles. The number of halogens is 1. The van der Waals surface area contributed by atoms with E-state index in [1.807, 2.05) is 43.3 Å². The number of nitrogens with zero attached hydrogens (tertiary/aromatic N) is 1. The van der Waals surface area contributed by atoms with Gasteiger partial charge in [0, 0.05) is 10.9 Å². The lowest BCUT2D eigenvalue weighted by atomic mass is 9.94. The van der Waals surface area contributed by atoms with Crippen LogP contribution in [-0.2, 0) is 5.54 Å². The van der Waals surface area contributed by atoms with Gasteiger partial charge in [-0.05, 0) is 36.8 Å². The van der Waals surface area contributed by atoms with Crippen molar-refractivity contribution in [3.8, 4) is 6.07 Å². The van der Waals surface area contributed by atoms with Gasteiger partial charge in [0.1, 0.15) is 0 Å². The molecule has 0 heterocycles. The van der Waals surface area contributed by atoms with Gasteiger partial charge in [-0.15, -0.1) is 0 Å². The Morgan fingerprint density at radius 1 is 1.19 bits per heavy atom. The van der Waals surface area contributed by atoms with E-state index in [9.17, 15) is 4.79 Å². The predicted octanol–water partition coefficient (Wildman–Crippen LogP) is 3.60. The normalized spacial score (nSPS) is 13.0. The number of carbonyl (C=O) groups excluding carboxylic acids is 1. The molecular weight excluding hydrogens is 328 g/mol. The average molecular weight is 343 g/mol. The fraction of sp³-hybridized carbons (Fsp3) is 0.176. The Morgan fingerprint density at radius 2 is 1.81 bits per heavy atom. The maximum Gasteiger partial charge on any atom is 0.251 e. The lowest BCUT2D eigenvalue weighted by molar-refractivity contribution is 0.0914. The summed E-state index contributed by atoms with van der Waals surface area (Å²) in [7, 11) is 0. The van der Waals surface area contributed by atoms with Crippen molar-refractivity contribution in [2.45, 2.75) is 12.5 Å². The van der Waals surface area contributed by atoms with Gasteiger partial charge < -0.3 is 5.32 Å². The third-order valence-electron chi connectivity index (χ3n) is 3.34. The van der Waals surface area contributed by atoms with Crippen LogP contribution in [0.4, 0.5) is 0 Å². The Labute approximate surface area is 132 Å². The maximum atomic E-state index is 12.4. The minimum Gasteiger partial charge on any atom is -0.342 e. The molecule has 0 radical (unpaired) electrons. The SMILES string of the molecule is CC(CBr)(NC(=O)c1ccc(C#N)cc1)c1ccccc1. The van der Waals surface area contributed by atoms with Gasteiger partial charge in [0.05, 0.1) is 17.2 Å². The van der Waals surface area contributed by atoms with Gasteiger partial charge in [0.15, 0.2) is 0 Å². The molecule has 2 rings (SSSR count). The van der Waals surface area contributed by atoms with Crippen molar-refractivity contribution >= 4 is 21.8 Å². The largest absolute Gasteiger partial charge is 0.342 e. The summed E-state index contributed by atoms with van der Waals surface area (Å²) in [5.74, 6) is -0.162. The quantitative estimate of drug-likeness (QED) is 0.863. The molecule has 0 spiro atoms. The van der Waals surface area contributed by atoms with E-state index >= 15 is 0 Å². The zero-order chi connectivity index (χ0) is 15.3. The van der Waals surface area contributed by atoms with Crippen molar-refractivity contribution in [1.29, 1.82) is 5.26 Å². The van der Waals surface area contributed by atoms with E-state index in [1.165, 1.54) is 0 Å². The molecule has 1 unspecified atom stereocenters. The molecule has 0 aliphatic rings. The van der Waals surface area contributed by atoms with Crippen LogP contribution in [0.25, 0.3) is 0 Å². The van der Waals surface area contributed by atoms with E-state index in [4.69, 9.17) is 5.26 Å². The number of hydrogen-bond donors (Lipinski definition) is 1. The van der Waals surface area contributed by atoms with Gasteiger partial charge in [-0.25, -0.2) is 0 Å². The third kappa shape index (κ3) is 3.50. The molecule has 0 aromatic heterocycles. The van der Waals surface area contributed by atoms with E-state index in [1.54, 1.807) is 24.3 Å². The summed E-state index contributed by atoms with van der Waals surface area (Å²) < 4.78 is 0. The van der Waals surface area contributed by atoms with Gasteiger partial charge in [-0.1, -0.05) is 46.3 Å². The van der Waals surface area contributed by atoms with Crippen LogP contribution in [0.15, 0.2) is 54.6 Å². The molecule has 0 saturated heterocycles. The van der Waals surface area contributed by atoms with Gasteiger partial charge in [-0.2, -0.15) is 5.26 Å². The van der Waals surface area contributed by atoms with Crippen molar-refractivity contribution < 1.29 is 4.79 Å². The Bertz CT molecular complexity index is 661. The minimum absolute atomic E-state index is 0.162. The number of alkyl halides is 1. The van der Waals surface area contributed by atoms with Crippen LogP contribution in [0.2, 0.25) is 0 Å². The first-order chi connectivity index (χ1) is 10.1. The smallest absolute Gasteiger partial charge is 0.251 e. The first-order valence-electron chi connectivity index (χ1n) is 6.53. The standard InChI is InChI=1S/C17H15BrN2O/c1-17(12-18,15-5-3-2-4-6-15)20-16(21)14-9-7-13(11-19)8-10-14/h2-10H,12H2,1H3,(H,20,21). The molecular formula is C17H15BrN2O. The first-order valence-corrected chi connectivity index (χ1v) is 7.65. The Balaban J connectivity index is 2.22. The van der Waals surface area contributed by atoms with Crippen LogP contribution in [-0.4, -0.2) is 11.2 Å². The van der Waals surface area contributed by atoms with Crippen molar-refractivity contribution in [2.24, 2.45) is 0 Å². The lowest BCUT2D eigenvalue weighted by Crippen LogP contribution is -2.44.